The maximum absolute atomic E-state index is 11.0. The first-order valence-electron chi connectivity index (χ1n) is 3.44. The number of carbonyl (C=O) groups is 1. The predicted molar refractivity (Wildman–Crippen MR) is 38.5 cm³/mol. The average molecular weight is 140 g/mol. The summed E-state index contributed by atoms with van der Waals surface area (Å²) in [5.74, 6) is 1.10. The molecule has 0 spiro atoms. The summed E-state index contributed by atoms with van der Waals surface area (Å²) in [4.78, 5) is 11.0. The fraction of sp³-hybridized carbons (Fsp3) is 0.625. The fourth-order valence-electron chi connectivity index (χ4n) is 1.24. The molecule has 1 unspecified atom stereocenters. The van der Waals surface area contributed by atoms with Gasteiger partial charge in [0.25, 0.3) is 0 Å². The van der Waals surface area contributed by atoms with E-state index in [4.69, 9.17) is 4.74 Å². The SMILES string of the molecule is COC1=C(C)C(C)CC1=O. The molecule has 0 aliphatic heterocycles. The van der Waals surface area contributed by atoms with Crippen molar-refractivity contribution in [2.24, 2.45) is 5.92 Å². The van der Waals surface area contributed by atoms with E-state index in [1.807, 2.05) is 13.8 Å². The summed E-state index contributed by atoms with van der Waals surface area (Å²) < 4.78 is 4.94. The van der Waals surface area contributed by atoms with E-state index in [0.717, 1.165) is 5.57 Å². The van der Waals surface area contributed by atoms with Crippen LogP contribution in [0.3, 0.4) is 0 Å². The van der Waals surface area contributed by atoms with E-state index >= 15 is 0 Å². The van der Waals surface area contributed by atoms with Crippen LogP contribution in [0.5, 0.6) is 0 Å². The van der Waals surface area contributed by atoms with Gasteiger partial charge in [-0.15, -0.1) is 0 Å². The normalized spacial score (nSPS) is 25.9. The molecule has 1 aliphatic carbocycles. The lowest BCUT2D eigenvalue weighted by Crippen LogP contribution is -1.97. The van der Waals surface area contributed by atoms with Gasteiger partial charge < -0.3 is 4.74 Å². The van der Waals surface area contributed by atoms with Crippen LogP contribution in [0.15, 0.2) is 11.3 Å². The van der Waals surface area contributed by atoms with Gasteiger partial charge in [0.2, 0.25) is 0 Å². The highest BCUT2D eigenvalue weighted by Gasteiger charge is 2.26. The first-order valence-corrected chi connectivity index (χ1v) is 3.44. The molecule has 10 heavy (non-hydrogen) atoms. The third-order valence-electron chi connectivity index (χ3n) is 2.05. The van der Waals surface area contributed by atoms with Gasteiger partial charge in [0, 0.05) is 6.42 Å². The minimum Gasteiger partial charge on any atom is -0.493 e. The second-order valence-electron chi connectivity index (χ2n) is 2.74. The molecule has 0 amide bonds. The zero-order valence-electron chi connectivity index (χ0n) is 6.60. The van der Waals surface area contributed by atoms with Crippen LogP contribution in [0.2, 0.25) is 0 Å². The van der Waals surface area contributed by atoms with Crippen molar-refractivity contribution in [2.45, 2.75) is 20.3 Å². The Kier molecular flexibility index (Phi) is 1.79. The topological polar surface area (TPSA) is 26.3 Å². The van der Waals surface area contributed by atoms with Crippen LogP contribution in [-0.2, 0) is 9.53 Å². The Hall–Kier alpha value is -0.790. The predicted octanol–water partition coefficient (Wildman–Crippen LogP) is 1.52. The molecule has 2 nitrogen and oxygen atoms in total. The minimum absolute atomic E-state index is 0.146. The standard InChI is InChI=1S/C8H12O2/c1-5-4-7(9)8(10-3)6(5)2/h5H,4H2,1-3H3. The number of hydrogen-bond acceptors (Lipinski definition) is 2. The molecule has 1 atom stereocenters. The van der Waals surface area contributed by atoms with Crippen LogP contribution in [0, 0.1) is 5.92 Å². The van der Waals surface area contributed by atoms with Gasteiger partial charge in [0.1, 0.15) is 0 Å². The molecular formula is C8H12O2. The van der Waals surface area contributed by atoms with E-state index in [2.05, 4.69) is 0 Å². The van der Waals surface area contributed by atoms with Crippen LogP contribution in [0.25, 0.3) is 0 Å². The number of ketones is 1. The average Bonchev–Trinajstić information content (AvgIpc) is 2.09. The van der Waals surface area contributed by atoms with Crippen molar-refractivity contribution < 1.29 is 9.53 Å². The summed E-state index contributed by atoms with van der Waals surface area (Å²) in [7, 11) is 1.55. The Balaban J connectivity index is 2.90. The summed E-state index contributed by atoms with van der Waals surface area (Å²) >= 11 is 0. The fourth-order valence-corrected chi connectivity index (χ4v) is 1.24. The number of allylic oxidation sites excluding steroid dienone is 2. The first-order chi connectivity index (χ1) is 4.66. The Morgan fingerprint density at radius 3 is 2.40 bits per heavy atom. The molecule has 1 aliphatic rings. The molecule has 1 rings (SSSR count). The summed E-state index contributed by atoms with van der Waals surface area (Å²) in [5.41, 5.74) is 1.09. The molecular weight excluding hydrogens is 128 g/mol. The van der Waals surface area contributed by atoms with E-state index in [1.54, 1.807) is 7.11 Å². The van der Waals surface area contributed by atoms with Gasteiger partial charge in [-0.25, -0.2) is 0 Å². The molecule has 0 fully saturated rings. The molecule has 0 aromatic carbocycles. The van der Waals surface area contributed by atoms with Crippen molar-refractivity contribution in [3.63, 3.8) is 0 Å². The van der Waals surface area contributed by atoms with Gasteiger partial charge in [-0.2, -0.15) is 0 Å². The van der Waals surface area contributed by atoms with E-state index in [0.29, 0.717) is 18.1 Å². The second-order valence-corrected chi connectivity index (χ2v) is 2.74. The number of hydrogen-bond donors (Lipinski definition) is 0. The van der Waals surface area contributed by atoms with Crippen molar-refractivity contribution in [3.05, 3.63) is 11.3 Å². The maximum Gasteiger partial charge on any atom is 0.197 e. The number of ether oxygens (including phenoxy) is 1. The Morgan fingerprint density at radius 1 is 1.60 bits per heavy atom. The molecule has 0 saturated carbocycles. The highest BCUT2D eigenvalue weighted by Crippen LogP contribution is 2.28. The summed E-state index contributed by atoms with van der Waals surface area (Å²) in [6.45, 7) is 3.99. The number of Topliss-reactive ketones (excluding diaryl/α,β-unsaturated/α-hetero) is 1. The molecule has 0 saturated heterocycles. The Bertz CT molecular complexity index is 191. The smallest absolute Gasteiger partial charge is 0.197 e. The molecule has 0 bridgehead atoms. The van der Waals surface area contributed by atoms with Crippen LogP contribution < -0.4 is 0 Å². The Morgan fingerprint density at radius 2 is 2.20 bits per heavy atom. The van der Waals surface area contributed by atoms with Crippen molar-refractivity contribution in [2.75, 3.05) is 7.11 Å². The van der Waals surface area contributed by atoms with Crippen LogP contribution in [-0.4, -0.2) is 12.9 Å². The Labute approximate surface area is 60.9 Å². The number of rotatable bonds is 1. The van der Waals surface area contributed by atoms with Crippen molar-refractivity contribution >= 4 is 5.78 Å². The van der Waals surface area contributed by atoms with Gasteiger partial charge in [-0.05, 0) is 18.4 Å². The summed E-state index contributed by atoms with van der Waals surface area (Å²) in [6, 6.07) is 0. The number of carbonyl (C=O) groups excluding carboxylic acids is 1. The quantitative estimate of drug-likeness (QED) is 0.552. The molecule has 0 aromatic heterocycles. The van der Waals surface area contributed by atoms with Gasteiger partial charge >= 0.3 is 0 Å². The molecule has 0 radical (unpaired) electrons. The van der Waals surface area contributed by atoms with E-state index in [1.165, 1.54) is 0 Å². The molecule has 0 aromatic rings. The summed E-state index contributed by atoms with van der Waals surface area (Å²) in [6.07, 6.45) is 0.620. The van der Waals surface area contributed by atoms with E-state index in [9.17, 15) is 4.79 Å². The third-order valence-corrected chi connectivity index (χ3v) is 2.05. The van der Waals surface area contributed by atoms with Gasteiger partial charge in [0.05, 0.1) is 7.11 Å². The lowest BCUT2D eigenvalue weighted by Gasteiger charge is -2.00. The van der Waals surface area contributed by atoms with Crippen LogP contribution in [0.4, 0.5) is 0 Å². The highest BCUT2D eigenvalue weighted by molar-refractivity contribution is 5.97. The van der Waals surface area contributed by atoms with Gasteiger partial charge in [0.15, 0.2) is 11.5 Å². The van der Waals surface area contributed by atoms with E-state index < -0.39 is 0 Å². The molecule has 2 heteroatoms. The monoisotopic (exact) mass is 140 g/mol. The summed E-state index contributed by atoms with van der Waals surface area (Å²) in [5, 5.41) is 0. The molecule has 0 heterocycles. The minimum atomic E-state index is 0.146. The maximum atomic E-state index is 11.0. The van der Waals surface area contributed by atoms with Crippen LogP contribution >= 0.6 is 0 Å². The second kappa shape index (κ2) is 2.45. The largest absolute Gasteiger partial charge is 0.493 e. The van der Waals surface area contributed by atoms with Crippen LogP contribution in [0.1, 0.15) is 20.3 Å². The van der Waals surface area contributed by atoms with Gasteiger partial charge in [-0.3, -0.25) is 4.79 Å². The lowest BCUT2D eigenvalue weighted by molar-refractivity contribution is -0.117. The zero-order chi connectivity index (χ0) is 7.72. The zero-order valence-corrected chi connectivity index (χ0v) is 6.60. The highest BCUT2D eigenvalue weighted by atomic mass is 16.5. The molecule has 0 N–H and O–H groups in total. The lowest BCUT2D eigenvalue weighted by atomic mass is 10.1. The van der Waals surface area contributed by atoms with E-state index in [-0.39, 0.29) is 5.78 Å². The van der Waals surface area contributed by atoms with Crippen molar-refractivity contribution in [1.82, 2.24) is 0 Å². The van der Waals surface area contributed by atoms with Crippen molar-refractivity contribution in [1.29, 1.82) is 0 Å². The molecule has 56 valence electrons. The third kappa shape index (κ3) is 0.939. The van der Waals surface area contributed by atoms with Crippen molar-refractivity contribution in [3.8, 4) is 0 Å². The van der Waals surface area contributed by atoms with Gasteiger partial charge in [-0.1, -0.05) is 6.92 Å². The number of methoxy groups -OCH3 is 1. The first kappa shape index (κ1) is 7.32.